The molecule has 0 heterocycles. The van der Waals surface area contributed by atoms with E-state index in [2.05, 4.69) is 44.6 Å². The first kappa shape index (κ1) is 23.7. The Morgan fingerprint density at radius 3 is 1.89 bits per heavy atom. The summed E-state index contributed by atoms with van der Waals surface area (Å²) in [7, 11) is 2.94. The van der Waals surface area contributed by atoms with Crippen LogP contribution in [0.3, 0.4) is 0 Å². The zero-order valence-corrected chi connectivity index (χ0v) is 15.6. The third-order valence-electron chi connectivity index (χ3n) is 2.21. The lowest BCUT2D eigenvalue weighted by Gasteiger charge is -1.98. The van der Waals surface area contributed by atoms with Gasteiger partial charge in [0.15, 0.2) is 0 Å². The SMILES string of the molecule is C=CNC1=C(PC)C1C.CC.CC.CNCC(C)C. The third kappa shape index (κ3) is 13.9. The molecule has 116 valence electrons. The maximum Gasteiger partial charge on any atom is 0.0261 e. The summed E-state index contributed by atoms with van der Waals surface area (Å²) in [5.74, 6) is 1.50. The minimum Gasteiger partial charge on any atom is -0.365 e. The third-order valence-corrected chi connectivity index (χ3v) is 3.45. The summed E-state index contributed by atoms with van der Waals surface area (Å²) in [5, 5.41) is 7.77. The monoisotopic (exact) mass is 288 g/mol. The Bertz CT molecular complexity index is 223. The fourth-order valence-electron chi connectivity index (χ4n) is 1.41. The maximum atomic E-state index is 3.60. The second-order valence-electron chi connectivity index (χ2n) is 4.10. The Morgan fingerprint density at radius 2 is 1.74 bits per heavy atom. The molecule has 1 aliphatic carbocycles. The van der Waals surface area contributed by atoms with Gasteiger partial charge in [0.05, 0.1) is 0 Å². The average Bonchev–Trinajstić information content (AvgIpc) is 3.04. The van der Waals surface area contributed by atoms with Gasteiger partial charge in [0.2, 0.25) is 0 Å². The van der Waals surface area contributed by atoms with Crippen molar-refractivity contribution >= 4 is 8.58 Å². The van der Waals surface area contributed by atoms with Crippen LogP contribution in [0, 0.1) is 11.8 Å². The van der Waals surface area contributed by atoms with E-state index in [1.54, 1.807) is 11.5 Å². The van der Waals surface area contributed by atoms with E-state index < -0.39 is 0 Å². The van der Waals surface area contributed by atoms with Gasteiger partial charge in [-0.2, -0.15) is 0 Å². The molecule has 0 saturated heterocycles. The fraction of sp³-hybridized carbons (Fsp3) is 0.750. The van der Waals surface area contributed by atoms with Crippen molar-refractivity contribution in [3.05, 3.63) is 23.8 Å². The summed E-state index contributed by atoms with van der Waals surface area (Å²) in [4.78, 5) is 0. The predicted molar refractivity (Wildman–Crippen MR) is 95.2 cm³/mol. The lowest BCUT2D eigenvalue weighted by molar-refractivity contribution is 0.595. The standard InChI is InChI=1S/C7H12NP.C5H13N.2C2H6/c1-4-8-6-5(2)7(6)9-3;1-5(2)4-6-3;2*1-2/h4-5,8-9H,1H2,2-3H3;5-6H,4H2,1-3H3;2*1-2H3. The van der Waals surface area contributed by atoms with Gasteiger partial charge < -0.3 is 10.6 Å². The van der Waals surface area contributed by atoms with Gasteiger partial charge in [-0.05, 0) is 37.7 Å². The molecule has 0 amide bonds. The van der Waals surface area contributed by atoms with Crippen LogP contribution in [0.25, 0.3) is 0 Å². The van der Waals surface area contributed by atoms with Gasteiger partial charge in [0.25, 0.3) is 0 Å². The molecule has 2 N–H and O–H groups in total. The Morgan fingerprint density at radius 1 is 1.26 bits per heavy atom. The average molecular weight is 288 g/mol. The molecule has 0 aromatic carbocycles. The molecule has 0 aromatic rings. The molecular formula is C16H37N2P. The highest BCUT2D eigenvalue weighted by atomic mass is 31.1. The number of hydrogen-bond acceptors (Lipinski definition) is 2. The van der Waals surface area contributed by atoms with Gasteiger partial charge in [0.1, 0.15) is 0 Å². The summed E-state index contributed by atoms with van der Waals surface area (Å²) in [6, 6.07) is 0. The first-order valence-corrected chi connectivity index (χ1v) is 9.02. The molecule has 0 aromatic heterocycles. The van der Waals surface area contributed by atoms with Crippen LogP contribution in [-0.2, 0) is 0 Å². The van der Waals surface area contributed by atoms with Gasteiger partial charge >= 0.3 is 0 Å². The van der Waals surface area contributed by atoms with E-state index >= 15 is 0 Å². The van der Waals surface area contributed by atoms with E-state index in [4.69, 9.17) is 0 Å². The molecule has 0 bridgehead atoms. The minimum absolute atomic E-state index is 0.714. The molecule has 0 saturated carbocycles. The number of hydrogen-bond donors (Lipinski definition) is 2. The quantitative estimate of drug-likeness (QED) is 0.710. The van der Waals surface area contributed by atoms with Crippen molar-refractivity contribution in [3.8, 4) is 0 Å². The van der Waals surface area contributed by atoms with Crippen LogP contribution in [0.15, 0.2) is 23.8 Å². The van der Waals surface area contributed by atoms with E-state index in [1.807, 2.05) is 34.7 Å². The molecule has 0 aliphatic heterocycles. The van der Waals surface area contributed by atoms with E-state index in [0.29, 0.717) is 5.92 Å². The normalized spacial score (nSPS) is 15.8. The minimum atomic E-state index is 0.714. The molecule has 1 rings (SSSR count). The van der Waals surface area contributed by atoms with E-state index in [9.17, 15) is 0 Å². The molecule has 2 nitrogen and oxygen atoms in total. The van der Waals surface area contributed by atoms with Gasteiger partial charge in [0, 0.05) is 11.6 Å². The highest BCUT2D eigenvalue weighted by Crippen LogP contribution is 2.46. The summed E-state index contributed by atoms with van der Waals surface area (Å²) < 4.78 is 0. The van der Waals surface area contributed by atoms with Crippen LogP contribution < -0.4 is 10.6 Å². The fourth-order valence-corrected chi connectivity index (χ4v) is 2.47. The molecule has 2 unspecified atom stereocenters. The number of rotatable bonds is 5. The summed E-state index contributed by atoms with van der Waals surface area (Å²) in [5.41, 5.74) is 1.39. The largest absolute Gasteiger partial charge is 0.365 e. The van der Waals surface area contributed by atoms with Crippen LogP contribution in [0.4, 0.5) is 0 Å². The van der Waals surface area contributed by atoms with Crippen LogP contribution in [0.2, 0.25) is 0 Å². The first-order valence-electron chi connectivity index (χ1n) is 7.52. The van der Waals surface area contributed by atoms with Gasteiger partial charge in [-0.3, -0.25) is 0 Å². The molecule has 2 atom stereocenters. The second-order valence-corrected chi connectivity index (χ2v) is 5.14. The van der Waals surface area contributed by atoms with Crippen molar-refractivity contribution in [2.24, 2.45) is 11.8 Å². The molecule has 0 radical (unpaired) electrons. The van der Waals surface area contributed by atoms with E-state index in [-0.39, 0.29) is 0 Å². The zero-order chi connectivity index (χ0) is 15.8. The summed E-state index contributed by atoms with van der Waals surface area (Å²) in [6.45, 7) is 21.5. The van der Waals surface area contributed by atoms with Gasteiger partial charge in [-0.15, -0.1) is 0 Å². The van der Waals surface area contributed by atoms with Crippen molar-refractivity contribution in [2.45, 2.75) is 48.5 Å². The van der Waals surface area contributed by atoms with Crippen molar-refractivity contribution in [1.29, 1.82) is 0 Å². The Kier molecular flexibility index (Phi) is 22.1. The van der Waals surface area contributed by atoms with Crippen molar-refractivity contribution in [2.75, 3.05) is 20.3 Å². The number of nitrogens with one attached hydrogen (secondary N) is 2. The van der Waals surface area contributed by atoms with Gasteiger partial charge in [-0.25, -0.2) is 0 Å². The Balaban J connectivity index is -0.000000224. The Hall–Kier alpha value is -0.330. The topological polar surface area (TPSA) is 24.1 Å². The van der Waals surface area contributed by atoms with E-state index in [1.165, 1.54) is 5.70 Å². The first-order chi connectivity index (χ1) is 9.08. The maximum absolute atomic E-state index is 3.60. The highest BCUT2D eigenvalue weighted by Gasteiger charge is 2.29. The van der Waals surface area contributed by atoms with Crippen LogP contribution in [0.5, 0.6) is 0 Å². The molecule has 0 fully saturated rings. The summed E-state index contributed by atoms with van der Waals surface area (Å²) in [6.07, 6.45) is 1.75. The van der Waals surface area contributed by atoms with Gasteiger partial charge in [-0.1, -0.05) is 63.6 Å². The molecule has 0 spiro atoms. The highest BCUT2D eigenvalue weighted by molar-refractivity contribution is 7.42. The lowest BCUT2D eigenvalue weighted by atomic mass is 10.2. The van der Waals surface area contributed by atoms with Crippen molar-refractivity contribution in [1.82, 2.24) is 10.6 Å². The smallest absolute Gasteiger partial charge is 0.0261 e. The van der Waals surface area contributed by atoms with E-state index in [0.717, 1.165) is 21.0 Å². The molecular weight excluding hydrogens is 251 g/mol. The zero-order valence-electron chi connectivity index (χ0n) is 14.6. The van der Waals surface area contributed by atoms with Crippen LogP contribution in [0.1, 0.15) is 48.5 Å². The number of allylic oxidation sites excluding steroid dienone is 2. The van der Waals surface area contributed by atoms with Crippen molar-refractivity contribution < 1.29 is 0 Å². The lowest BCUT2D eigenvalue weighted by Crippen LogP contribution is -2.12. The summed E-state index contributed by atoms with van der Waals surface area (Å²) >= 11 is 0. The van der Waals surface area contributed by atoms with Crippen LogP contribution in [-0.4, -0.2) is 20.3 Å². The van der Waals surface area contributed by atoms with Crippen molar-refractivity contribution in [3.63, 3.8) is 0 Å². The molecule has 1 aliphatic rings. The second kappa shape index (κ2) is 17.7. The predicted octanol–water partition coefficient (Wildman–Crippen LogP) is 4.80. The van der Waals surface area contributed by atoms with Crippen LogP contribution >= 0.6 is 8.58 Å². The molecule has 19 heavy (non-hydrogen) atoms. The Labute approximate surface area is 124 Å². The molecule has 3 heteroatoms.